The predicted octanol–water partition coefficient (Wildman–Crippen LogP) is 0.0453. The summed E-state index contributed by atoms with van der Waals surface area (Å²) in [5.74, 6) is -2.69. The summed E-state index contributed by atoms with van der Waals surface area (Å²) in [7, 11) is 0. The molecule has 0 spiro atoms. The standard InChI is InChI=1S/C13H10O4S/c14-11(15)7-18-10-6-2-4-8-3-1-5-9(12(8)10)13(16)17/h1-6H,7H2,(H,14,15)(H,16,17)/p-2. The minimum atomic E-state index is -1.28. The smallest absolute Gasteiger partial charge is 0.0721 e. The van der Waals surface area contributed by atoms with Gasteiger partial charge in [0.2, 0.25) is 0 Å². The van der Waals surface area contributed by atoms with E-state index < -0.39 is 11.9 Å². The number of carboxylic acid groups (broad SMARTS) is 2. The SMILES string of the molecule is O=C([O-])CSc1cccc2cccc(C(=O)[O-])c12. The zero-order valence-corrected chi connectivity index (χ0v) is 10.0. The second-order valence-electron chi connectivity index (χ2n) is 3.61. The van der Waals surface area contributed by atoms with Crippen LogP contribution in [0.5, 0.6) is 0 Å². The normalized spacial score (nSPS) is 10.4. The van der Waals surface area contributed by atoms with Crippen LogP contribution in [0.4, 0.5) is 0 Å². The number of carbonyl (C=O) groups is 2. The molecule has 18 heavy (non-hydrogen) atoms. The molecule has 0 aromatic heterocycles. The number of carbonyl (C=O) groups excluding carboxylic acids is 2. The second kappa shape index (κ2) is 5.10. The topological polar surface area (TPSA) is 80.3 Å². The van der Waals surface area contributed by atoms with Gasteiger partial charge in [-0.05, 0) is 11.5 Å². The molecule has 0 unspecified atom stereocenters. The van der Waals surface area contributed by atoms with E-state index in [4.69, 9.17) is 0 Å². The number of benzene rings is 2. The van der Waals surface area contributed by atoms with Crippen LogP contribution in [0.3, 0.4) is 0 Å². The Balaban J connectivity index is 2.58. The third-order valence-corrected chi connectivity index (χ3v) is 3.46. The van der Waals surface area contributed by atoms with Gasteiger partial charge >= 0.3 is 0 Å². The number of thioether (sulfide) groups is 1. The van der Waals surface area contributed by atoms with Crippen molar-refractivity contribution in [3.05, 3.63) is 42.0 Å². The second-order valence-corrected chi connectivity index (χ2v) is 4.63. The molecule has 0 radical (unpaired) electrons. The van der Waals surface area contributed by atoms with Crippen LogP contribution in [0, 0.1) is 0 Å². The molecular weight excluding hydrogens is 252 g/mol. The summed E-state index contributed by atoms with van der Waals surface area (Å²) in [5.41, 5.74) is 0.0638. The van der Waals surface area contributed by atoms with Crippen molar-refractivity contribution in [2.75, 3.05) is 5.75 Å². The molecule has 0 bridgehead atoms. The fourth-order valence-corrected chi connectivity index (χ4v) is 2.55. The predicted molar refractivity (Wildman–Crippen MR) is 64.0 cm³/mol. The van der Waals surface area contributed by atoms with Gasteiger partial charge in [0.05, 0.1) is 11.9 Å². The minimum absolute atomic E-state index is 0.0638. The molecule has 2 aromatic rings. The number of hydrogen-bond acceptors (Lipinski definition) is 5. The van der Waals surface area contributed by atoms with Gasteiger partial charge in [0, 0.05) is 21.6 Å². The van der Waals surface area contributed by atoms with Gasteiger partial charge in [-0.3, -0.25) is 0 Å². The molecule has 0 saturated carbocycles. The number of carboxylic acids is 2. The van der Waals surface area contributed by atoms with Crippen molar-refractivity contribution >= 4 is 34.5 Å². The summed E-state index contributed by atoms with van der Waals surface area (Å²) < 4.78 is 0. The van der Waals surface area contributed by atoms with Gasteiger partial charge in [0.15, 0.2) is 0 Å². The lowest BCUT2D eigenvalue weighted by molar-refractivity contribution is -0.301. The first-order chi connectivity index (χ1) is 8.59. The van der Waals surface area contributed by atoms with E-state index in [0.717, 1.165) is 17.1 Å². The highest BCUT2D eigenvalue weighted by Gasteiger charge is 2.07. The zero-order valence-electron chi connectivity index (χ0n) is 9.21. The van der Waals surface area contributed by atoms with Crippen molar-refractivity contribution < 1.29 is 19.8 Å². The summed E-state index contributed by atoms with van der Waals surface area (Å²) in [6, 6.07) is 10.0. The van der Waals surface area contributed by atoms with E-state index in [1.807, 2.05) is 0 Å². The first kappa shape index (κ1) is 12.4. The van der Waals surface area contributed by atoms with Crippen LogP contribution in [0.15, 0.2) is 41.3 Å². The number of hydrogen-bond donors (Lipinski definition) is 0. The van der Waals surface area contributed by atoms with Crippen LogP contribution in [0.2, 0.25) is 0 Å². The fraction of sp³-hybridized carbons (Fsp3) is 0.0769. The lowest BCUT2D eigenvalue weighted by Gasteiger charge is -2.12. The maximum absolute atomic E-state index is 11.1. The Morgan fingerprint density at radius 3 is 2.33 bits per heavy atom. The monoisotopic (exact) mass is 260 g/mol. The quantitative estimate of drug-likeness (QED) is 0.725. The van der Waals surface area contributed by atoms with Gasteiger partial charge < -0.3 is 19.8 Å². The third kappa shape index (κ3) is 2.46. The molecule has 0 heterocycles. The highest BCUT2D eigenvalue weighted by Crippen LogP contribution is 2.30. The number of rotatable bonds is 4. The van der Waals surface area contributed by atoms with Gasteiger partial charge in [-0.2, -0.15) is 0 Å². The summed E-state index contributed by atoms with van der Waals surface area (Å²) in [5, 5.41) is 22.8. The lowest BCUT2D eigenvalue weighted by Crippen LogP contribution is -2.24. The van der Waals surface area contributed by atoms with Gasteiger partial charge in [-0.25, -0.2) is 0 Å². The van der Waals surface area contributed by atoms with Crippen molar-refractivity contribution in [3.8, 4) is 0 Å². The molecular formula is C13H8O4S-2. The summed E-state index contributed by atoms with van der Waals surface area (Å²) >= 11 is 1.04. The molecule has 2 rings (SSSR count). The summed E-state index contributed by atoms with van der Waals surface area (Å²) in [6.45, 7) is 0. The summed E-state index contributed by atoms with van der Waals surface area (Å²) in [6.07, 6.45) is 0. The Bertz CT molecular complexity index is 616. The first-order valence-electron chi connectivity index (χ1n) is 5.15. The Labute approximate surface area is 107 Å². The van der Waals surface area contributed by atoms with Crippen LogP contribution in [-0.2, 0) is 4.79 Å². The maximum Gasteiger partial charge on any atom is 0.0721 e. The minimum Gasteiger partial charge on any atom is -0.549 e. The van der Waals surface area contributed by atoms with Crippen molar-refractivity contribution in [1.29, 1.82) is 0 Å². The molecule has 92 valence electrons. The number of fused-ring (bicyclic) bond motifs is 1. The van der Waals surface area contributed by atoms with Gasteiger partial charge in [-0.1, -0.05) is 30.3 Å². The average Bonchev–Trinajstić information content (AvgIpc) is 2.35. The Morgan fingerprint density at radius 1 is 1.06 bits per heavy atom. The summed E-state index contributed by atoms with van der Waals surface area (Å²) in [4.78, 5) is 22.1. The molecule has 0 amide bonds. The van der Waals surface area contributed by atoms with Crippen LogP contribution < -0.4 is 10.2 Å². The van der Waals surface area contributed by atoms with Crippen LogP contribution in [0.1, 0.15) is 10.4 Å². The fourth-order valence-electron chi connectivity index (χ4n) is 1.73. The van der Waals surface area contributed by atoms with E-state index in [1.54, 1.807) is 30.3 Å². The molecule has 5 heteroatoms. The van der Waals surface area contributed by atoms with Crippen molar-refractivity contribution in [2.24, 2.45) is 0 Å². The molecule has 0 atom stereocenters. The lowest BCUT2D eigenvalue weighted by atomic mass is 10.0. The van der Waals surface area contributed by atoms with Gasteiger partial charge in [-0.15, -0.1) is 11.8 Å². The molecule has 0 N–H and O–H groups in total. The maximum atomic E-state index is 11.1. The van der Waals surface area contributed by atoms with E-state index in [0.29, 0.717) is 10.3 Å². The first-order valence-corrected chi connectivity index (χ1v) is 6.14. The van der Waals surface area contributed by atoms with Crippen molar-refractivity contribution in [2.45, 2.75) is 4.90 Å². The van der Waals surface area contributed by atoms with E-state index in [9.17, 15) is 19.8 Å². The Kier molecular flexibility index (Phi) is 3.53. The van der Waals surface area contributed by atoms with Crippen LogP contribution in [0.25, 0.3) is 10.8 Å². The molecule has 0 saturated heterocycles. The van der Waals surface area contributed by atoms with Crippen LogP contribution >= 0.6 is 11.8 Å². The number of aromatic carboxylic acids is 1. The van der Waals surface area contributed by atoms with Crippen LogP contribution in [-0.4, -0.2) is 17.7 Å². The van der Waals surface area contributed by atoms with E-state index in [1.165, 1.54) is 6.07 Å². The molecule has 0 aliphatic carbocycles. The molecule has 0 aliphatic heterocycles. The zero-order chi connectivity index (χ0) is 13.1. The molecule has 4 nitrogen and oxygen atoms in total. The highest BCUT2D eigenvalue weighted by molar-refractivity contribution is 8.00. The van der Waals surface area contributed by atoms with Gasteiger partial charge in [0.25, 0.3) is 0 Å². The number of aliphatic carboxylic acids is 1. The van der Waals surface area contributed by atoms with Gasteiger partial charge in [0.1, 0.15) is 0 Å². The third-order valence-electron chi connectivity index (χ3n) is 2.43. The molecule has 0 aliphatic rings. The molecule has 0 fully saturated rings. The Morgan fingerprint density at radius 2 is 1.72 bits per heavy atom. The largest absolute Gasteiger partial charge is 0.549 e. The van der Waals surface area contributed by atoms with Crippen molar-refractivity contribution in [3.63, 3.8) is 0 Å². The highest BCUT2D eigenvalue weighted by atomic mass is 32.2. The Hall–Kier alpha value is -2.01. The van der Waals surface area contributed by atoms with Crippen molar-refractivity contribution in [1.82, 2.24) is 0 Å². The van der Waals surface area contributed by atoms with E-state index in [-0.39, 0.29) is 11.3 Å². The molecule has 2 aromatic carbocycles. The van der Waals surface area contributed by atoms with E-state index >= 15 is 0 Å². The average molecular weight is 260 g/mol. The van der Waals surface area contributed by atoms with E-state index in [2.05, 4.69) is 0 Å².